The second-order valence-electron chi connectivity index (χ2n) is 6.04. The van der Waals surface area contributed by atoms with E-state index in [0.29, 0.717) is 23.1 Å². The van der Waals surface area contributed by atoms with Gasteiger partial charge in [0.25, 0.3) is 9.84 Å². The van der Waals surface area contributed by atoms with Crippen LogP contribution in [0.5, 0.6) is 17.2 Å². The van der Waals surface area contributed by atoms with E-state index in [1.165, 1.54) is 21.3 Å². The molecule has 0 heterocycles. The van der Waals surface area contributed by atoms with E-state index in [4.69, 9.17) is 14.2 Å². The number of rotatable bonds is 8. The van der Waals surface area contributed by atoms with Gasteiger partial charge in [-0.25, -0.2) is 8.42 Å². The first-order valence-electron chi connectivity index (χ1n) is 8.53. The molecule has 0 aliphatic heterocycles. The molecule has 30 heavy (non-hydrogen) atoms. The summed E-state index contributed by atoms with van der Waals surface area (Å²) < 4.78 is 77.1. The first-order chi connectivity index (χ1) is 14.0. The third-order valence-corrected chi connectivity index (χ3v) is 5.65. The molecule has 0 fully saturated rings. The SMILES string of the molecule is COc1ccc(OC)c(CCC(=O)Nc2cc(S(=O)(=O)C(F)(F)F)ccc2OC)c1. The smallest absolute Gasteiger partial charge is 0.497 e. The van der Waals surface area contributed by atoms with E-state index in [1.807, 2.05) is 0 Å². The highest BCUT2D eigenvalue weighted by Crippen LogP contribution is 2.35. The number of hydrogen-bond acceptors (Lipinski definition) is 6. The first kappa shape index (κ1) is 23.3. The topological polar surface area (TPSA) is 90.9 Å². The average Bonchev–Trinajstić information content (AvgIpc) is 2.71. The zero-order valence-electron chi connectivity index (χ0n) is 16.4. The number of nitrogens with one attached hydrogen (secondary N) is 1. The molecule has 0 aliphatic rings. The van der Waals surface area contributed by atoms with Crippen molar-refractivity contribution in [1.82, 2.24) is 0 Å². The second-order valence-corrected chi connectivity index (χ2v) is 7.98. The second kappa shape index (κ2) is 9.24. The maximum Gasteiger partial charge on any atom is 0.501 e. The summed E-state index contributed by atoms with van der Waals surface area (Å²) in [7, 11) is -1.36. The Bertz CT molecular complexity index is 1020. The van der Waals surface area contributed by atoms with E-state index in [-0.39, 0.29) is 24.3 Å². The lowest BCUT2D eigenvalue weighted by molar-refractivity contribution is -0.116. The van der Waals surface area contributed by atoms with Crippen LogP contribution in [-0.4, -0.2) is 41.2 Å². The first-order valence-corrected chi connectivity index (χ1v) is 10.0. The van der Waals surface area contributed by atoms with Crippen molar-refractivity contribution in [2.45, 2.75) is 23.2 Å². The van der Waals surface area contributed by atoms with E-state index in [2.05, 4.69) is 5.32 Å². The van der Waals surface area contributed by atoms with Gasteiger partial charge in [-0.3, -0.25) is 4.79 Å². The van der Waals surface area contributed by atoms with Crippen molar-refractivity contribution in [1.29, 1.82) is 0 Å². The Kier molecular flexibility index (Phi) is 7.19. The summed E-state index contributed by atoms with van der Waals surface area (Å²) in [6, 6.07) is 7.59. The van der Waals surface area contributed by atoms with Crippen molar-refractivity contribution in [3.05, 3.63) is 42.0 Å². The molecule has 0 aliphatic carbocycles. The number of amides is 1. The molecule has 2 rings (SSSR count). The molecule has 0 bridgehead atoms. The number of sulfone groups is 1. The van der Waals surface area contributed by atoms with Gasteiger partial charge in [0.05, 0.1) is 31.9 Å². The Morgan fingerprint density at radius 1 is 0.967 bits per heavy atom. The van der Waals surface area contributed by atoms with E-state index >= 15 is 0 Å². The molecule has 164 valence electrons. The molecule has 0 aromatic heterocycles. The average molecular weight is 447 g/mol. The van der Waals surface area contributed by atoms with Gasteiger partial charge in [0.2, 0.25) is 5.91 Å². The summed E-state index contributed by atoms with van der Waals surface area (Å²) in [6.45, 7) is 0. The van der Waals surface area contributed by atoms with Crippen LogP contribution in [0.15, 0.2) is 41.3 Å². The minimum absolute atomic E-state index is 0.0171. The van der Waals surface area contributed by atoms with Crippen molar-refractivity contribution >= 4 is 21.4 Å². The van der Waals surface area contributed by atoms with E-state index in [9.17, 15) is 26.4 Å². The van der Waals surface area contributed by atoms with Gasteiger partial charge in [-0.2, -0.15) is 13.2 Å². The minimum Gasteiger partial charge on any atom is -0.497 e. The number of methoxy groups -OCH3 is 3. The number of aryl methyl sites for hydroxylation is 1. The normalized spacial score (nSPS) is 11.7. The van der Waals surface area contributed by atoms with Gasteiger partial charge in [-0.1, -0.05) is 0 Å². The molecule has 0 saturated carbocycles. The molecule has 0 radical (unpaired) electrons. The van der Waals surface area contributed by atoms with Crippen LogP contribution < -0.4 is 19.5 Å². The molecular weight excluding hydrogens is 427 g/mol. The number of carbonyl (C=O) groups excluding carboxylic acids is 1. The van der Waals surface area contributed by atoms with Crippen LogP contribution in [0.3, 0.4) is 0 Å². The summed E-state index contributed by atoms with van der Waals surface area (Å²) >= 11 is 0. The largest absolute Gasteiger partial charge is 0.501 e. The number of benzene rings is 2. The van der Waals surface area contributed by atoms with Gasteiger partial charge in [0.1, 0.15) is 17.2 Å². The van der Waals surface area contributed by atoms with Crippen LogP contribution in [0.4, 0.5) is 18.9 Å². The molecular formula is C19H20F3NO6S. The number of carbonyl (C=O) groups is 1. The van der Waals surface area contributed by atoms with Crippen molar-refractivity contribution in [2.75, 3.05) is 26.6 Å². The van der Waals surface area contributed by atoms with Gasteiger partial charge in [-0.15, -0.1) is 0 Å². The highest BCUT2D eigenvalue weighted by atomic mass is 32.2. The number of halogens is 3. The summed E-state index contributed by atoms with van der Waals surface area (Å²) in [5.41, 5.74) is -4.97. The predicted molar refractivity (Wildman–Crippen MR) is 103 cm³/mol. The number of hydrogen-bond donors (Lipinski definition) is 1. The van der Waals surface area contributed by atoms with Crippen LogP contribution in [-0.2, 0) is 21.1 Å². The van der Waals surface area contributed by atoms with Crippen LogP contribution >= 0.6 is 0 Å². The number of anilines is 1. The highest BCUT2D eigenvalue weighted by Gasteiger charge is 2.47. The Morgan fingerprint density at radius 2 is 1.60 bits per heavy atom. The molecule has 0 atom stereocenters. The van der Waals surface area contributed by atoms with Crippen LogP contribution in [0.1, 0.15) is 12.0 Å². The molecule has 1 amide bonds. The van der Waals surface area contributed by atoms with Crippen molar-refractivity contribution < 1.29 is 40.6 Å². The van der Waals surface area contributed by atoms with Crippen LogP contribution in [0.2, 0.25) is 0 Å². The molecule has 11 heteroatoms. The molecule has 2 aromatic rings. The lowest BCUT2D eigenvalue weighted by Gasteiger charge is -2.14. The summed E-state index contributed by atoms with van der Waals surface area (Å²) in [4.78, 5) is 11.4. The Morgan fingerprint density at radius 3 is 2.17 bits per heavy atom. The fraction of sp³-hybridized carbons (Fsp3) is 0.316. The van der Waals surface area contributed by atoms with Crippen LogP contribution in [0.25, 0.3) is 0 Å². The van der Waals surface area contributed by atoms with Crippen molar-refractivity contribution in [2.24, 2.45) is 0 Å². The molecule has 0 saturated heterocycles. The highest BCUT2D eigenvalue weighted by molar-refractivity contribution is 7.92. The summed E-state index contributed by atoms with van der Waals surface area (Å²) in [5.74, 6) is 0.570. The molecule has 0 spiro atoms. The minimum atomic E-state index is -5.57. The van der Waals surface area contributed by atoms with Crippen molar-refractivity contribution in [3.8, 4) is 17.2 Å². The number of alkyl halides is 3. The standard InChI is InChI=1S/C19H20F3NO6S/c1-27-13-5-7-16(28-2)12(10-13)4-9-18(24)23-15-11-14(6-8-17(15)29-3)30(25,26)19(20,21)22/h5-8,10-11H,4,9H2,1-3H3,(H,23,24). The Labute approximate surface area is 171 Å². The van der Waals surface area contributed by atoms with E-state index in [1.54, 1.807) is 18.2 Å². The lowest BCUT2D eigenvalue weighted by atomic mass is 10.1. The van der Waals surface area contributed by atoms with Crippen molar-refractivity contribution in [3.63, 3.8) is 0 Å². The molecule has 2 aromatic carbocycles. The van der Waals surface area contributed by atoms with Gasteiger partial charge in [0.15, 0.2) is 0 Å². The molecule has 1 N–H and O–H groups in total. The summed E-state index contributed by atoms with van der Waals surface area (Å²) in [6.07, 6.45) is 0.192. The monoisotopic (exact) mass is 447 g/mol. The third kappa shape index (κ3) is 5.15. The Hall–Kier alpha value is -2.95. The molecule has 0 unspecified atom stereocenters. The van der Waals surface area contributed by atoms with Gasteiger partial charge < -0.3 is 19.5 Å². The Balaban J connectivity index is 2.22. The summed E-state index contributed by atoms with van der Waals surface area (Å²) in [5, 5.41) is 2.39. The predicted octanol–water partition coefficient (Wildman–Crippen LogP) is 3.58. The molecule has 7 nitrogen and oxygen atoms in total. The zero-order valence-corrected chi connectivity index (χ0v) is 17.2. The van der Waals surface area contributed by atoms with E-state index < -0.39 is 26.1 Å². The van der Waals surface area contributed by atoms with Crippen LogP contribution in [0, 0.1) is 0 Å². The fourth-order valence-corrected chi connectivity index (χ4v) is 3.41. The van der Waals surface area contributed by atoms with Gasteiger partial charge in [-0.05, 0) is 48.4 Å². The van der Waals surface area contributed by atoms with Gasteiger partial charge in [0, 0.05) is 6.42 Å². The van der Waals surface area contributed by atoms with Gasteiger partial charge >= 0.3 is 5.51 Å². The van der Waals surface area contributed by atoms with E-state index in [0.717, 1.165) is 12.1 Å². The maximum atomic E-state index is 12.8. The maximum absolute atomic E-state index is 12.8. The lowest BCUT2D eigenvalue weighted by Crippen LogP contribution is -2.23. The fourth-order valence-electron chi connectivity index (χ4n) is 2.62. The third-order valence-electron chi connectivity index (χ3n) is 4.17. The number of ether oxygens (including phenoxy) is 3. The quantitative estimate of drug-likeness (QED) is 0.665. The zero-order chi connectivity index (χ0) is 22.5.